The number of para-hydroxylation sites is 2. The molecule has 162 valence electrons. The molecule has 0 radical (unpaired) electrons. The van der Waals surface area contributed by atoms with Crippen molar-refractivity contribution >= 4 is 28.5 Å². The van der Waals surface area contributed by atoms with E-state index < -0.39 is 0 Å². The Hall–Kier alpha value is -3.93. The smallest absolute Gasteiger partial charge is 0.251 e. The Morgan fingerprint density at radius 1 is 0.938 bits per heavy atom. The van der Waals surface area contributed by atoms with E-state index in [4.69, 9.17) is 4.98 Å². The third kappa shape index (κ3) is 4.70. The van der Waals surface area contributed by atoms with E-state index >= 15 is 0 Å². The Morgan fingerprint density at radius 2 is 1.69 bits per heavy atom. The molecule has 1 heterocycles. The molecule has 1 aromatic heterocycles. The second-order valence-corrected chi connectivity index (χ2v) is 8.02. The predicted molar refractivity (Wildman–Crippen MR) is 127 cm³/mol. The highest BCUT2D eigenvalue weighted by atomic mass is 16.2. The highest BCUT2D eigenvalue weighted by molar-refractivity contribution is 5.95. The van der Waals surface area contributed by atoms with Gasteiger partial charge < -0.3 is 15.2 Å². The molecule has 1 atom stereocenters. The minimum atomic E-state index is -0.386. The molecular weight excluding hydrogens is 400 g/mol. The number of carbonyl (C=O) groups is 2. The van der Waals surface area contributed by atoms with Crippen molar-refractivity contribution in [2.75, 3.05) is 5.32 Å². The average molecular weight is 427 g/mol. The van der Waals surface area contributed by atoms with Crippen LogP contribution >= 0.6 is 0 Å². The molecule has 32 heavy (non-hydrogen) atoms. The van der Waals surface area contributed by atoms with Gasteiger partial charge in [-0.05, 0) is 57.2 Å². The van der Waals surface area contributed by atoms with E-state index in [0.717, 1.165) is 27.8 Å². The quantitative estimate of drug-likeness (QED) is 0.466. The fourth-order valence-corrected chi connectivity index (χ4v) is 3.70. The molecule has 3 aromatic carbocycles. The van der Waals surface area contributed by atoms with Crippen molar-refractivity contribution in [3.63, 3.8) is 0 Å². The number of fused-ring (bicyclic) bond motifs is 1. The van der Waals surface area contributed by atoms with Gasteiger partial charge in [-0.15, -0.1) is 0 Å². The average Bonchev–Trinajstić information content (AvgIpc) is 3.14. The number of nitrogens with zero attached hydrogens (tertiary/aromatic N) is 2. The van der Waals surface area contributed by atoms with E-state index in [-0.39, 0.29) is 24.4 Å². The third-order valence-corrected chi connectivity index (χ3v) is 5.34. The molecule has 0 aliphatic heterocycles. The molecule has 1 unspecified atom stereocenters. The number of amides is 2. The van der Waals surface area contributed by atoms with Crippen LogP contribution in [0.15, 0.2) is 72.8 Å². The Kier molecular flexibility index (Phi) is 6.03. The van der Waals surface area contributed by atoms with Crippen molar-refractivity contribution in [1.29, 1.82) is 0 Å². The number of rotatable bonds is 6. The third-order valence-electron chi connectivity index (χ3n) is 5.34. The van der Waals surface area contributed by atoms with Gasteiger partial charge in [0.2, 0.25) is 5.91 Å². The van der Waals surface area contributed by atoms with Crippen molar-refractivity contribution < 1.29 is 9.59 Å². The summed E-state index contributed by atoms with van der Waals surface area (Å²) in [4.78, 5) is 30.3. The molecule has 6 nitrogen and oxygen atoms in total. The molecule has 0 saturated carbocycles. The number of nitrogens with one attached hydrogen (secondary N) is 2. The fraction of sp³-hybridized carbons (Fsp3) is 0.192. The number of anilines is 1. The molecule has 2 N–H and O–H groups in total. The van der Waals surface area contributed by atoms with Gasteiger partial charge in [0.15, 0.2) is 0 Å². The zero-order valence-electron chi connectivity index (χ0n) is 18.4. The van der Waals surface area contributed by atoms with E-state index in [9.17, 15) is 9.59 Å². The summed E-state index contributed by atoms with van der Waals surface area (Å²) in [7, 11) is 0. The second kappa shape index (κ2) is 9.06. The standard InChI is InChI=1S/C26H26N4O2/c1-17-11-13-21(14-12-17)28-24(31)16-30-23-10-5-4-9-22(23)29-25(30)19(3)27-26(32)20-8-6-7-18(2)15-20/h4-15,19H,16H2,1-3H3,(H,27,32)(H,28,31). The van der Waals surface area contributed by atoms with Crippen LogP contribution < -0.4 is 10.6 Å². The minimum absolute atomic E-state index is 0.0916. The van der Waals surface area contributed by atoms with Crippen LogP contribution in [0.5, 0.6) is 0 Å². The first-order chi connectivity index (χ1) is 15.4. The molecular formula is C26H26N4O2. The van der Waals surface area contributed by atoms with Gasteiger partial charge in [0.05, 0.1) is 17.1 Å². The number of hydrogen-bond donors (Lipinski definition) is 2. The summed E-state index contributed by atoms with van der Waals surface area (Å²) in [5.41, 5.74) is 5.11. The molecule has 6 heteroatoms. The van der Waals surface area contributed by atoms with Gasteiger partial charge >= 0.3 is 0 Å². The number of imidazole rings is 1. The Morgan fingerprint density at radius 3 is 2.44 bits per heavy atom. The molecule has 0 fully saturated rings. The number of carbonyl (C=O) groups excluding carboxylic acids is 2. The van der Waals surface area contributed by atoms with Gasteiger partial charge in [0, 0.05) is 11.3 Å². The van der Waals surface area contributed by atoms with Crippen molar-refractivity contribution in [3.05, 3.63) is 95.3 Å². The van der Waals surface area contributed by atoms with E-state index in [1.807, 2.05) is 92.1 Å². The first kappa shape index (κ1) is 21.3. The van der Waals surface area contributed by atoms with Crippen molar-refractivity contribution in [3.8, 4) is 0 Å². The van der Waals surface area contributed by atoms with Crippen LogP contribution in [0.25, 0.3) is 11.0 Å². The summed E-state index contributed by atoms with van der Waals surface area (Å²) in [5.74, 6) is 0.297. The molecule has 2 amide bonds. The lowest BCUT2D eigenvalue weighted by Gasteiger charge is -2.16. The van der Waals surface area contributed by atoms with Gasteiger partial charge in [-0.1, -0.05) is 47.5 Å². The number of benzene rings is 3. The molecule has 4 aromatic rings. The van der Waals surface area contributed by atoms with Crippen LogP contribution in [-0.2, 0) is 11.3 Å². The Bertz CT molecular complexity index is 1270. The topological polar surface area (TPSA) is 76.0 Å². The highest BCUT2D eigenvalue weighted by Gasteiger charge is 2.20. The van der Waals surface area contributed by atoms with Crippen molar-refractivity contribution in [2.45, 2.75) is 33.4 Å². The summed E-state index contributed by atoms with van der Waals surface area (Å²) in [5, 5.41) is 5.95. The molecule has 0 aliphatic carbocycles. The summed E-state index contributed by atoms with van der Waals surface area (Å²) < 4.78 is 1.86. The van der Waals surface area contributed by atoms with Gasteiger partial charge in [0.25, 0.3) is 5.91 Å². The maximum atomic E-state index is 12.8. The van der Waals surface area contributed by atoms with Crippen molar-refractivity contribution in [1.82, 2.24) is 14.9 Å². The van der Waals surface area contributed by atoms with Gasteiger partial charge in [-0.3, -0.25) is 9.59 Å². The maximum Gasteiger partial charge on any atom is 0.251 e. The van der Waals surface area contributed by atoms with Crippen LogP contribution in [0, 0.1) is 13.8 Å². The highest BCUT2D eigenvalue weighted by Crippen LogP contribution is 2.22. The summed E-state index contributed by atoms with van der Waals surface area (Å²) in [6.45, 7) is 5.92. The fourth-order valence-electron chi connectivity index (χ4n) is 3.70. The van der Waals surface area contributed by atoms with E-state index in [1.165, 1.54) is 0 Å². The number of aromatic nitrogens is 2. The summed E-state index contributed by atoms with van der Waals surface area (Å²) in [6, 6.07) is 22.4. The van der Waals surface area contributed by atoms with E-state index in [1.54, 1.807) is 6.07 Å². The first-order valence-electron chi connectivity index (χ1n) is 10.6. The van der Waals surface area contributed by atoms with Crippen LogP contribution in [0.4, 0.5) is 5.69 Å². The second-order valence-electron chi connectivity index (χ2n) is 8.02. The van der Waals surface area contributed by atoms with E-state index in [0.29, 0.717) is 11.4 Å². The van der Waals surface area contributed by atoms with Crippen LogP contribution in [0.3, 0.4) is 0 Å². The molecule has 0 spiro atoms. The Labute approximate surface area is 187 Å². The molecule has 0 bridgehead atoms. The van der Waals surface area contributed by atoms with Gasteiger partial charge in [-0.25, -0.2) is 4.98 Å². The lowest BCUT2D eigenvalue weighted by Crippen LogP contribution is -2.30. The zero-order chi connectivity index (χ0) is 22.7. The first-order valence-corrected chi connectivity index (χ1v) is 10.6. The molecule has 0 aliphatic rings. The van der Waals surface area contributed by atoms with Crippen molar-refractivity contribution in [2.24, 2.45) is 0 Å². The lowest BCUT2D eigenvalue weighted by atomic mass is 10.1. The van der Waals surface area contributed by atoms with Crippen LogP contribution in [-0.4, -0.2) is 21.4 Å². The van der Waals surface area contributed by atoms with Crippen LogP contribution in [0.1, 0.15) is 40.3 Å². The SMILES string of the molecule is Cc1ccc(NC(=O)Cn2c(C(C)NC(=O)c3cccc(C)c3)nc3ccccc32)cc1. The normalized spacial score (nSPS) is 11.8. The molecule has 0 saturated heterocycles. The summed E-state index contributed by atoms with van der Waals surface area (Å²) >= 11 is 0. The van der Waals surface area contributed by atoms with E-state index in [2.05, 4.69) is 10.6 Å². The zero-order valence-corrected chi connectivity index (χ0v) is 18.4. The van der Waals surface area contributed by atoms with Gasteiger partial charge in [0.1, 0.15) is 12.4 Å². The monoisotopic (exact) mass is 426 g/mol. The van der Waals surface area contributed by atoms with Crippen LogP contribution in [0.2, 0.25) is 0 Å². The number of hydrogen-bond acceptors (Lipinski definition) is 3. The number of aryl methyl sites for hydroxylation is 2. The Balaban J connectivity index is 1.58. The van der Waals surface area contributed by atoms with Gasteiger partial charge in [-0.2, -0.15) is 0 Å². The minimum Gasteiger partial charge on any atom is -0.342 e. The maximum absolute atomic E-state index is 12.8. The lowest BCUT2D eigenvalue weighted by molar-refractivity contribution is -0.116. The predicted octanol–water partition coefficient (Wildman–Crippen LogP) is 4.78. The molecule has 4 rings (SSSR count). The largest absolute Gasteiger partial charge is 0.342 e. The summed E-state index contributed by atoms with van der Waals surface area (Å²) in [6.07, 6.45) is 0.